The van der Waals surface area contributed by atoms with Crippen LogP contribution in [0.25, 0.3) is 0 Å². The van der Waals surface area contributed by atoms with Crippen LogP contribution in [0.5, 0.6) is 0 Å². The van der Waals surface area contributed by atoms with Gasteiger partial charge in [0, 0.05) is 11.6 Å². The fourth-order valence-electron chi connectivity index (χ4n) is 2.61. The van der Waals surface area contributed by atoms with E-state index in [0.717, 1.165) is 12.8 Å². The fourth-order valence-corrected chi connectivity index (χ4v) is 2.61. The van der Waals surface area contributed by atoms with Gasteiger partial charge in [0.25, 0.3) is 0 Å². The van der Waals surface area contributed by atoms with Crippen molar-refractivity contribution in [3.05, 3.63) is 35.1 Å². The highest BCUT2D eigenvalue weighted by atomic mass is 127. The molecule has 4 nitrogen and oxygen atoms in total. The Morgan fingerprint density at radius 1 is 1.32 bits per heavy atom. The molecule has 22 heavy (non-hydrogen) atoms. The van der Waals surface area contributed by atoms with E-state index in [1.54, 1.807) is 0 Å². The topological polar surface area (TPSA) is 74.2 Å². The minimum atomic E-state index is -0.361. The number of aliphatic imine (C=N–C) groups is 1. The third-order valence-corrected chi connectivity index (χ3v) is 3.80. The first-order valence-corrected chi connectivity index (χ1v) is 7.44. The van der Waals surface area contributed by atoms with Crippen molar-refractivity contribution in [1.29, 1.82) is 5.26 Å². The zero-order chi connectivity index (χ0) is 15.1. The third kappa shape index (κ3) is 5.79. The molecule has 2 rings (SSSR count). The van der Waals surface area contributed by atoms with E-state index in [-0.39, 0.29) is 36.3 Å². The average Bonchev–Trinajstić information content (AvgIpc) is 2.75. The lowest BCUT2D eigenvalue weighted by Gasteiger charge is -2.16. The highest BCUT2D eigenvalue weighted by Gasteiger charge is 2.12. The van der Waals surface area contributed by atoms with Gasteiger partial charge in [-0.1, -0.05) is 25.7 Å². The van der Waals surface area contributed by atoms with Crippen LogP contribution in [-0.2, 0) is 6.54 Å². The molecule has 0 bridgehead atoms. The van der Waals surface area contributed by atoms with Gasteiger partial charge in [-0.15, -0.1) is 24.0 Å². The van der Waals surface area contributed by atoms with Gasteiger partial charge < -0.3 is 11.1 Å². The van der Waals surface area contributed by atoms with Gasteiger partial charge in [0.05, 0.1) is 18.2 Å². The maximum Gasteiger partial charge on any atom is 0.189 e. The van der Waals surface area contributed by atoms with Crippen molar-refractivity contribution in [1.82, 2.24) is 5.32 Å². The van der Waals surface area contributed by atoms with E-state index in [2.05, 4.69) is 10.3 Å². The number of guanidine groups is 1. The Morgan fingerprint density at radius 3 is 2.64 bits per heavy atom. The molecule has 1 fully saturated rings. The lowest BCUT2D eigenvalue weighted by atomic mass is 10.1. The molecule has 0 aliphatic heterocycles. The van der Waals surface area contributed by atoms with Gasteiger partial charge >= 0.3 is 0 Å². The number of nitriles is 1. The van der Waals surface area contributed by atoms with Crippen molar-refractivity contribution in [3.63, 3.8) is 0 Å². The highest BCUT2D eigenvalue weighted by Crippen LogP contribution is 2.17. The number of hydrogen-bond donors (Lipinski definition) is 2. The number of halogens is 2. The van der Waals surface area contributed by atoms with Crippen LogP contribution in [0.3, 0.4) is 0 Å². The molecule has 0 spiro atoms. The maximum atomic E-state index is 13.6. The summed E-state index contributed by atoms with van der Waals surface area (Å²) in [6.07, 6.45) is 7.19. The van der Waals surface area contributed by atoms with E-state index in [9.17, 15) is 4.39 Å². The molecular weight excluding hydrogens is 394 g/mol. The molecule has 0 atom stereocenters. The van der Waals surface area contributed by atoms with Crippen LogP contribution in [0.1, 0.15) is 49.7 Å². The van der Waals surface area contributed by atoms with Crippen LogP contribution >= 0.6 is 24.0 Å². The zero-order valence-corrected chi connectivity index (χ0v) is 14.8. The largest absolute Gasteiger partial charge is 0.370 e. The van der Waals surface area contributed by atoms with Crippen molar-refractivity contribution in [2.45, 2.75) is 51.1 Å². The first-order chi connectivity index (χ1) is 10.2. The Morgan fingerprint density at radius 2 is 2.00 bits per heavy atom. The lowest BCUT2D eigenvalue weighted by Crippen LogP contribution is -2.39. The summed E-state index contributed by atoms with van der Waals surface area (Å²) >= 11 is 0. The van der Waals surface area contributed by atoms with Crippen LogP contribution in [0.15, 0.2) is 23.2 Å². The van der Waals surface area contributed by atoms with E-state index in [1.807, 2.05) is 6.07 Å². The molecule has 0 saturated heterocycles. The predicted molar refractivity (Wildman–Crippen MR) is 96.5 cm³/mol. The lowest BCUT2D eigenvalue weighted by molar-refractivity contribution is 0.530. The summed E-state index contributed by atoms with van der Waals surface area (Å²) in [4.78, 5) is 4.19. The molecule has 3 N–H and O–H groups in total. The van der Waals surface area contributed by atoms with Gasteiger partial charge in [-0.25, -0.2) is 9.38 Å². The van der Waals surface area contributed by atoms with Crippen LogP contribution in [0.2, 0.25) is 0 Å². The van der Waals surface area contributed by atoms with Crippen molar-refractivity contribution in [2.75, 3.05) is 0 Å². The third-order valence-electron chi connectivity index (χ3n) is 3.80. The molecule has 0 amide bonds. The van der Waals surface area contributed by atoms with Gasteiger partial charge in [0.1, 0.15) is 5.82 Å². The number of hydrogen-bond acceptors (Lipinski definition) is 2. The van der Waals surface area contributed by atoms with Crippen molar-refractivity contribution < 1.29 is 4.39 Å². The molecule has 6 heteroatoms. The summed E-state index contributed by atoms with van der Waals surface area (Å²) in [6.45, 7) is 0.146. The normalized spacial score (nSPS) is 16.3. The minimum Gasteiger partial charge on any atom is -0.370 e. The predicted octanol–water partition coefficient (Wildman–Crippen LogP) is 3.44. The summed E-state index contributed by atoms with van der Waals surface area (Å²) in [6, 6.07) is 6.62. The second-order valence-corrected chi connectivity index (χ2v) is 5.45. The van der Waals surface area contributed by atoms with Gasteiger partial charge in [0.2, 0.25) is 0 Å². The number of nitrogens with zero attached hydrogens (tertiary/aromatic N) is 2. The molecule has 120 valence electrons. The Balaban J connectivity index is 0.00000242. The van der Waals surface area contributed by atoms with E-state index in [1.165, 1.54) is 43.9 Å². The second-order valence-electron chi connectivity index (χ2n) is 5.45. The molecule has 0 unspecified atom stereocenters. The van der Waals surface area contributed by atoms with Gasteiger partial charge in [-0.05, 0) is 31.0 Å². The fraction of sp³-hybridized carbons (Fsp3) is 0.500. The standard InChI is InChI=1S/C16H21FN4.HI/c17-15-8-7-12(10-18)9-13(15)11-20-16(19)21-14-5-3-1-2-4-6-14;/h7-9,14H,1-6,11H2,(H3,19,20,21);1H. The Bertz CT molecular complexity index is 546. The van der Waals surface area contributed by atoms with E-state index < -0.39 is 0 Å². The maximum absolute atomic E-state index is 13.6. The van der Waals surface area contributed by atoms with Crippen molar-refractivity contribution in [2.24, 2.45) is 10.7 Å². The molecule has 1 aromatic rings. The minimum absolute atomic E-state index is 0. The van der Waals surface area contributed by atoms with Gasteiger partial charge in [0.15, 0.2) is 5.96 Å². The van der Waals surface area contributed by atoms with Crippen molar-refractivity contribution >= 4 is 29.9 Å². The SMILES string of the molecule is I.N#Cc1ccc(F)c(CN=C(N)NC2CCCCCC2)c1. The monoisotopic (exact) mass is 416 g/mol. The number of rotatable bonds is 3. The summed E-state index contributed by atoms with van der Waals surface area (Å²) in [5.74, 6) is -0.0105. The molecule has 0 aromatic heterocycles. The van der Waals surface area contributed by atoms with Crippen LogP contribution in [0.4, 0.5) is 4.39 Å². The summed E-state index contributed by atoms with van der Waals surface area (Å²) < 4.78 is 13.6. The first kappa shape index (κ1) is 18.7. The Hall–Kier alpha value is -1.36. The van der Waals surface area contributed by atoms with Crippen LogP contribution < -0.4 is 11.1 Å². The van der Waals surface area contributed by atoms with E-state index in [4.69, 9.17) is 11.0 Å². The Kier molecular flexibility index (Phi) is 8.17. The summed E-state index contributed by atoms with van der Waals surface area (Å²) in [5, 5.41) is 12.0. The smallest absolute Gasteiger partial charge is 0.189 e. The summed E-state index contributed by atoms with van der Waals surface area (Å²) in [7, 11) is 0. The quantitative estimate of drug-likeness (QED) is 0.343. The number of benzene rings is 1. The molecular formula is C16H22FIN4. The highest BCUT2D eigenvalue weighted by molar-refractivity contribution is 14.0. The first-order valence-electron chi connectivity index (χ1n) is 7.44. The van der Waals surface area contributed by atoms with E-state index >= 15 is 0 Å². The zero-order valence-electron chi connectivity index (χ0n) is 12.5. The number of nitrogens with one attached hydrogen (secondary N) is 1. The second kappa shape index (κ2) is 9.62. The molecule has 1 saturated carbocycles. The van der Waals surface area contributed by atoms with E-state index in [0.29, 0.717) is 23.1 Å². The molecule has 0 heterocycles. The molecule has 1 aromatic carbocycles. The molecule has 0 radical (unpaired) electrons. The molecule has 1 aliphatic rings. The molecule has 1 aliphatic carbocycles. The summed E-state index contributed by atoms with van der Waals surface area (Å²) in [5.41, 5.74) is 6.69. The van der Waals surface area contributed by atoms with Gasteiger partial charge in [-0.3, -0.25) is 0 Å². The van der Waals surface area contributed by atoms with Crippen LogP contribution in [-0.4, -0.2) is 12.0 Å². The Labute approximate surface area is 148 Å². The van der Waals surface area contributed by atoms with Gasteiger partial charge in [-0.2, -0.15) is 5.26 Å². The average molecular weight is 416 g/mol. The van der Waals surface area contributed by atoms with Crippen LogP contribution in [0, 0.1) is 17.1 Å². The van der Waals surface area contributed by atoms with Crippen molar-refractivity contribution in [3.8, 4) is 6.07 Å². The number of nitrogens with two attached hydrogens (primary N) is 1.